The van der Waals surface area contributed by atoms with Crippen molar-refractivity contribution in [2.45, 2.75) is 45.9 Å². The maximum Gasteiger partial charge on any atom is 0.410 e. The van der Waals surface area contributed by atoms with Gasteiger partial charge < -0.3 is 19.7 Å². The largest absolute Gasteiger partial charge is 0.445 e. The molecular formula is C19H30N2O3. The zero-order valence-electron chi connectivity index (χ0n) is 15.0. The number of hydrogen-bond donors (Lipinski definition) is 1. The Hall–Kier alpha value is -1.59. The molecule has 5 heteroatoms. The minimum atomic E-state index is -0.262. The Morgan fingerprint density at radius 1 is 1.38 bits per heavy atom. The highest BCUT2D eigenvalue weighted by atomic mass is 16.6. The van der Waals surface area contributed by atoms with Crippen LogP contribution in [0.5, 0.6) is 0 Å². The highest BCUT2D eigenvalue weighted by molar-refractivity contribution is 5.67. The lowest BCUT2D eigenvalue weighted by Crippen LogP contribution is -2.50. The lowest BCUT2D eigenvalue weighted by molar-refractivity contribution is -0.0283. The van der Waals surface area contributed by atoms with E-state index in [0.29, 0.717) is 38.3 Å². The molecule has 1 heterocycles. The van der Waals surface area contributed by atoms with Crippen molar-refractivity contribution in [2.24, 2.45) is 5.92 Å². The number of hydrogen-bond acceptors (Lipinski definition) is 4. The zero-order valence-corrected chi connectivity index (χ0v) is 15.0. The molecule has 1 aliphatic rings. The van der Waals surface area contributed by atoms with Gasteiger partial charge >= 0.3 is 6.09 Å². The van der Waals surface area contributed by atoms with Crippen LogP contribution in [-0.4, -0.2) is 49.4 Å². The second-order valence-corrected chi connectivity index (χ2v) is 6.56. The van der Waals surface area contributed by atoms with Crippen molar-refractivity contribution in [3.8, 4) is 0 Å². The first-order valence-corrected chi connectivity index (χ1v) is 8.90. The summed E-state index contributed by atoms with van der Waals surface area (Å²) < 4.78 is 11.2. The molecule has 3 atom stereocenters. The Bertz CT molecular complexity index is 495. The maximum atomic E-state index is 12.2. The van der Waals surface area contributed by atoms with Crippen molar-refractivity contribution in [3.05, 3.63) is 35.9 Å². The van der Waals surface area contributed by atoms with Gasteiger partial charge in [0.15, 0.2) is 0 Å². The maximum absolute atomic E-state index is 12.2. The first-order chi connectivity index (χ1) is 11.6. The Morgan fingerprint density at radius 3 is 2.83 bits per heavy atom. The van der Waals surface area contributed by atoms with E-state index >= 15 is 0 Å². The molecule has 1 aliphatic heterocycles. The fraction of sp³-hybridized carbons (Fsp3) is 0.632. The Labute approximate surface area is 145 Å². The summed E-state index contributed by atoms with van der Waals surface area (Å²) in [6.07, 6.45) is 0.911. The van der Waals surface area contributed by atoms with Crippen LogP contribution in [-0.2, 0) is 16.1 Å². The van der Waals surface area contributed by atoms with E-state index < -0.39 is 0 Å². The van der Waals surface area contributed by atoms with Crippen LogP contribution in [0.2, 0.25) is 0 Å². The summed E-state index contributed by atoms with van der Waals surface area (Å²) in [6.45, 7) is 9.43. The molecule has 1 amide bonds. The van der Waals surface area contributed by atoms with Crippen molar-refractivity contribution in [1.29, 1.82) is 0 Å². The van der Waals surface area contributed by atoms with Crippen LogP contribution in [0.3, 0.4) is 0 Å². The average Bonchev–Trinajstić information content (AvgIpc) is 2.64. The van der Waals surface area contributed by atoms with Gasteiger partial charge in [-0.3, -0.25) is 0 Å². The minimum Gasteiger partial charge on any atom is -0.445 e. The molecule has 24 heavy (non-hydrogen) atoms. The molecule has 1 N–H and O–H groups in total. The summed E-state index contributed by atoms with van der Waals surface area (Å²) in [5, 5.41) is 3.52. The smallest absolute Gasteiger partial charge is 0.410 e. The third-order valence-corrected chi connectivity index (χ3v) is 4.77. The molecule has 0 saturated carbocycles. The quantitative estimate of drug-likeness (QED) is 0.833. The van der Waals surface area contributed by atoms with E-state index in [1.165, 1.54) is 0 Å². The van der Waals surface area contributed by atoms with Gasteiger partial charge in [-0.2, -0.15) is 0 Å². The average molecular weight is 334 g/mol. The van der Waals surface area contributed by atoms with Gasteiger partial charge in [0.25, 0.3) is 0 Å². The molecule has 1 fully saturated rings. The summed E-state index contributed by atoms with van der Waals surface area (Å²) in [5.41, 5.74) is 1.000. The van der Waals surface area contributed by atoms with Gasteiger partial charge in [-0.25, -0.2) is 4.79 Å². The van der Waals surface area contributed by atoms with Crippen LogP contribution in [0.1, 0.15) is 32.8 Å². The van der Waals surface area contributed by atoms with Crippen LogP contribution in [0.15, 0.2) is 30.3 Å². The number of morpholine rings is 1. The topological polar surface area (TPSA) is 50.8 Å². The van der Waals surface area contributed by atoms with Gasteiger partial charge in [0.05, 0.1) is 19.3 Å². The van der Waals surface area contributed by atoms with Crippen LogP contribution in [0.4, 0.5) is 4.79 Å². The summed E-state index contributed by atoms with van der Waals surface area (Å²) >= 11 is 0. The minimum absolute atomic E-state index is 0.0227. The first kappa shape index (κ1) is 18.7. The molecule has 0 bridgehead atoms. The van der Waals surface area contributed by atoms with E-state index in [9.17, 15) is 4.79 Å². The van der Waals surface area contributed by atoms with E-state index in [1.54, 1.807) is 4.90 Å². The fourth-order valence-electron chi connectivity index (χ4n) is 2.69. The lowest BCUT2D eigenvalue weighted by atomic mass is 10.0. The number of nitrogens with zero attached hydrogens (tertiary/aromatic N) is 1. The SMILES string of the molecule is CCC(C)C(C)NCC1CN(C(=O)OCc2ccccc2)CCO1. The van der Waals surface area contributed by atoms with Crippen LogP contribution in [0, 0.1) is 5.92 Å². The number of carbonyl (C=O) groups is 1. The van der Waals surface area contributed by atoms with E-state index in [2.05, 4.69) is 26.1 Å². The van der Waals surface area contributed by atoms with Crippen molar-refractivity contribution in [1.82, 2.24) is 10.2 Å². The van der Waals surface area contributed by atoms with Crippen molar-refractivity contribution in [3.63, 3.8) is 0 Å². The normalized spacial score (nSPS) is 20.5. The molecule has 1 aromatic rings. The summed E-state index contributed by atoms with van der Waals surface area (Å²) in [6, 6.07) is 10.2. The van der Waals surface area contributed by atoms with E-state index in [1.807, 2.05) is 30.3 Å². The molecule has 0 spiro atoms. The molecule has 1 aromatic carbocycles. The summed E-state index contributed by atoms with van der Waals surface area (Å²) in [5.74, 6) is 0.625. The highest BCUT2D eigenvalue weighted by Crippen LogP contribution is 2.10. The second kappa shape index (κ2) is 9.64. The number of ether oxygens (including phenoxy) is 2. The first-order valence-electron chi connectivity index (χ1n) is 8.90. The molecule has 0 radical (unpaired) electrons. The standard InChI is InChI=1S/C19H30N2O3/c1-4-15(2)16(3)20-12-18-13-21(10-11-23-18)19(22)24-14-17-8-6-5-7-9-17/h5-9,15-16,18,20H,4,10-14H2,1-3H3. The van der Waals surface area contributed by atoms with Gasteiger partial charge in [-0.15, -0.1) is 0 Å². The second-order valence-electron chi connectivity index (χ2n) is 6.56. The Morgan fingerprint density at radius 2 is 2.12 bits per heavy atom. The summed E-state index contributed by atoms with van der Waals surface area (Å²) in [7, 11) is 0. The molecular weight excluding hydrogens is 304 g/mol. The Balaban J connectivity index is 1.74. The number of rotatable bonds is 7. The number of nitrogens with one attached hydrogen (secondary N) is 1. The van der Waals surface area contributed by atoms with Crippen LogP contribution in [0.25, 0.3) is 0 Å². The number of benzene rings is 1. The third kappa shape index (κ3) is 5.80. The predicted octanol–water partition coefficient (Wildman–Crippen LogP) is 3.05. The van der Waals surface area contributed by atoms with E-state index in [-0.39, 0.29) is 12.2 Å². The van der Waals surface area contributed by atoms with Crippen molar-refractivity contribution >= 4 is 6.09 Å². The zero-order chi connectivity index (χ0) is 17.4. The predicted molar refractivity (Wildman–Crippen MR) is 94.9 cm³/mol. The fourth-order valence-corrected chi connectivity index (χ4v) is 2.69. The summed E-state index contributed by atoms with van der Waals surface area (Å²) in [4.78, 5) is 14.0. The molecule has 3 unspecified atom stereocenters. The van der Waals surface area contributed by atoms with E-state index in [0.717, 1.165) is 18.5 Å². The molecule has 134 valence electrons. The van der Waals surface area contributed by atoms with Crippen molar-refractivity contribution in [2.75, 3.05) is 26.2 Å². The van der Waals surface area contributed by atoms with Crippen molar-refractivity contribution < 1.29 is 14.3 Å². The van der Waals surface area contributed by atoms with Gasteiger partial charge in [0.2, 0.25) is 0 Å². The monoisotopic (exact) mass is 334 g/mol. The van der Waals surface area contributed by atoms with Gasteiger partial charge in [-0.05, 0) is 18.4 Å². The lowest BCUT2D eigenvalue weighted by Gasteiger charge is -2.33. The van der Waals surface area contributed by atoms with Gasteiger partial charge in [0.1, 0.15) is 6.61 Å². The molecule has 1 saturated heterocycles. The van der Waals surface area contributed by atoms with Gasteiger partial charge in [0, 0.05) is 19.1 Å². The third-order valence-electron chi connectivity index (χ3n) is 4.77. The van der Waals surface area contributed by atoms with Gasteiger partial charge in [-0.1, -0.05) is 50.6 Å². The number of carbonyl (C=O) groups excluding carboxylic acids is 1. The number of amides is 1. The van der Waals surface area contributed by atoms with Crippen LogP contribution < -0.4 is 5.32 Å². The molecule has 2 rings (SSSR count). The molecule has 0 aromatic heterocycles. The van der Waals surface area contributed by atoms with Crippen LogP contribution >= 0.6 is 0 Å². The Kier molecular flexibility index (Phi) is 7.53. The molecule has 0 aliphatic carbocycles. The van der Waals surface area contributed by atoms with E-state index in [4.69, 9.17) is 9.47 Å². The highest BCUT2D eigenvalue weighted by Gasteiger charge is 2.25. The molecule has 5 nitrogen and oxygen atoms in total.